The van der Waals surface area contributed by atoms with Crippen molar-refractivity contribution in [2.75, 3.05) is 7.11 Å². The van der Waals surface area contributed by atoms with Gasteiger partial charge in [-0.15, -0.1) is 11.3 Å². The monoisotopic (exact) mass is 334 g/mol. The molecule has 3 heterocycles. The minimum atomic E-state index is -1.08. The lowest BCUT2D eigenvalue weighted by atomic mass is 10.0. The average molecular weight is 334 g/mol. The van der Waals surface area contributed by atoms with Gasteiger partial charge in [0.15, 0.2) is 5.54 Å². The summed E-state index contributed by atoms with van der Waals surface area (Å²) in [5.74, 6) is -0.627. The molecule has 23 heavy (non-hydrogen) atoms. The molecule has 0 radical (unpaired) electrons. The lowest BCUT2D eigenvalue weighted by Crippen LogP contribution is -2.40. The van der Waals surface area contributed by atoms with Crippen LogP contribution in [-0.4, -0.2) is 29.9 Å². The van der Waals surface area contributed by atoms with Crippen LogP contribution in [0.5, 0.6) is 0 Å². The Hall–Kier alpha value is -2.61. The first-order valence-corrected chi connectivity index (χ1v) is 7.69. The number of carbonyl (C=O) groups excluding carboxylic acids is 3. The van der Waals surface area contributed by atoms with Gasteiger partial charge >= 0.3 is 12.0 Å². The number of amides is 3. The number of imide groups is 1. The van der Waals surface area contributed by atoms with Crippen LogP contribution in [0.1, 0.15) is 28.1 Å². The van der Waals surface area contributed by atoms with Gasteiger partial charge in [0.05, 0.1) is 13.7 Å². The minimum absolute atomic E-state index is 0.0237. The Kier molecular flexibility index (Phi) is 3.69. The first kappa shape index (κ1) is 15.3. The van der Waals surface area contributed by atoms with Crippen molar-refractivity contribution < 1.29 is 23.5 Å². The van der Waals surface area contributed by atoms with Gasteiger partial charge in [-0.1, -0.05) is 6.07 Å². The second-order valence-electron chi connectivity index (χ2n) is 5.18. The number of furan rings is 1. The number of nitrogens with one attached hydrogen (secondary N) is 1. The van der Waals surface area contributed by atoms with Crippen LogP contribution < -0.4 is 5.32 Å². The van der Waals surface area contributed by atoms with E-state index in [0.717, 1.165) is 9.78 Å². The molecule has 3 rings (SSSR count). The van der Waals surface area contributed by atoms with E-state index < -0.39 is 17.5 Å². The summed E-state index contributed by atoms with van der Waals surface area (Å²) in [5.41, 5.74) is -1.08. The molecule has 2 aromatic heterocycles. The number of ether oxygens (including phenoxy) is 1. The van der Waals surface area contributed by atoms with Crippen molar-refractivity contribution in [3.8, 4) is 0 Å². The van der Waals surface area contributed by atoms with Crippen molar-refractivity contribution in [1.29, 1.82) is 0 Å². The lowest BCUT2D eigenvalue weighted by Gasteiger charge is -2.19. The van der Waals surface area contributed by atoms with E-state index in [1.807, 2.05) is 11.4 Å². The molecule has 120 valence electrons. The number of nitrogens with zero attached hydrogens (tertiary/aromatic N) is 1. The molecule has 0 spiro atoms. The Morgan fingerprint density at radius 3 is 2.83 bits per heavy atom. The van der Waals surface area contributed by atoms with Gasteiger partial charge in [-0.2, -0.15) is 0 Å². The number of rotatable bonds is 4. The zero-order valence-electron chi connectivity index (χ0n) is 12.5. The minimum Gasteiger partial charge on any atom is -0.463 e. The van der Waals surface area contributed by atoms with E-state index in [9.17, 15) is 14.4 Å². The predicted molar refractivity (Wildman–Crippen MR) is 80.8 cm³/mol. The van der Waals surface area contributed by atoms with E-state index >= 15 is 0 Å². The number of carbonyl (C=O) groups is 3. The second-order valence-corrected chi connectivity index (χ2v) is 6.13. The summed E-state index contributed by atoms with van der Waals surface area (Å²) in [6.45, 7) is 1.61. The number of hydrogen-bond donors (Lipinski definition) is 1. The van der Waals surface area contributed by atoms with Crippen molar-refractivity contribution in [3.05, 3.63) is 46.0 Å². The Morgan fingerprint density at radius 2 is 2.17 bits per heavy atom. The van der Waals surface area contributed by atoms with Crippen LogP contribution in [0.3, 0.4) is 0 Å². The largest absolute Gasteiger partial charge is 0.463 e. The maximum absolute atomic E-state index is 12.7. The number of esters is 1. The standard InChI is InChI=1S/C15H14N2O5S/c1-15(11-4-3-7-23-11)13(19)17(14(20)16-15)8-9-5-6-10(22-9)12(18)21-2/h3-7H,8H2,1-2H3,(H,16,20). The van der Waals surface area contributed by atoms with Gasteiger partial charge in [-0.3, -0.25) is 9.69 Å². The molecule has 2 aromatic rings. The summed E-state index contributed by atoms with van der Waals surface area (Å²) in [4.78, 5) is 38.0. The van der Waals surface area contributed by atoms with Gasteiger partial charge in [0.1, 0.15) is 5.76 Å². The summed E-state index contributed by atoms with van der Waals surface area (Å²) >= 11 is 1.40. The van der Waals surface area contributed by atoms with E-state index in [4.69, 9.17) is 4.42 Å². The molecule has 0 aliphatic carbocycles. The van der Waals surface area contributed by atoms with Crippen LogP contribution in [0.15, 0.2) is 34.1 Å². The summed E-state index contributed by atoms with van der Waals surface area (Å²) < 4.78 is 9.86. The number of hydrogen-bond acceptors (Lipinski definition) is 6. The van der Waals surface area contributed by atoms with E-state index in [1.54, 1.807) is 13.0 Å². The molecule has 0 bridgehead atoms. The molecule has 0 saturated carbocycles. The summed E-state index contributed by atoms with van der Waals surface area (Å²) in [5, 5.41) is 4.55. The van der Waals surface area contributed by atoms with Crippen LogP contribution in [0, 0.1) is 0 Å². The predicted octanol–water partition coefficient (Wildman–Crippen LogP) is 2.09. The third kappa shape index (κ3) is 2.50. The number of thiophene rings is 1. The molecule has 1 aliphatic rings. The fraction of sp³-hybridized carbons (Fsp3) is 0.267. The third-order valence-corrected chi connectivity index (χ3v) is 4.74. The van der Waals surface area contributed by atoms with E-state index in [2.05, 4.69) is 10.1 Å². The molecule has 1 N–H and O–H groups in total. The summed E-state index contributed by atoms with van der Waals surface area (Å²) in [7, 11) is 1.24. The molecule has 1 saturated heterocycles. The van der Waals surface area contributed by atoms with Gasteiger partial charge in [0, 0.05) is 4.88 Å². The Balaban J connectivity index is 1.81. The Morgan fingerprint density at radius 1 is 1.39 bits per heavy atom. The third-order valence-electron chi connectivity index (χ3n) is 3.65. The van der Waals surface area contributed by atoms with Crippen LogP contribution >= 0.6 is 11.3 Å². The molecule has 1 atom stereocenters. The molecule has 1 fully saturated rings. The first-order chi connectivity index (χ1) is 11.0. The molecular formula is C15H14N2O5S. The van der Waals surface area contributed by atoms with Crippen molar-refractivity contribution >= 4 is 29.2 Å². The zero-order valence-corrected chi connectivity index (χ0v) is 13.3. The molecule has 0 aromatic carbocycles. The highest BCUT2D eigenvalue weighted by molar-refractivity contribution is 7.10. The van der Waals surface area contributed by atoms with Gasteiger partial charge < -0.3 is 14.5 Å². The smallest absolute Gasteiger partial charge is 0.373 e. The SMILES string of the molecule is COC(=O)c1ccc(CN2C(=O)NC(C)(c3cccs3)C2=O)o1. The van der Waals surface area contributed by atoms with E-state index in [0.29, 0.717) is 5.76 Å². The van der Waals surface area contributed by atoms with E-state index in [1.165, 1.54) is 30.6 Å². The van der Waals surface area contributed by atoms with Gasteiger partial charge in [0.2, 0.25) is 5.76 Å². The van der Waals surface area contributed by atoms with Crippen molar-refractivity contribution in [2.24, 2.45) is 0 Å². The maximum Gasteiger partial charge on any atom is 0.373 e. The molecule has 1 unspecified atom stereocenters. The molecule has 8 heteroatoms. The Labute approximate surface area is 135 Å². The molecular weight excluding hydrogens is 320 g/mol. The topological polar surface area (TPSA) is 88.9 Å². The quantitative estimate of drug-likeness (QED) is 0.683. The zero-order chi connectivity index (χ0) is 16.6. The summed E-state index contributed by atoms with van der Waals surface area (Å²) in [6, 6.07) is 6.10. The van der Waals surface area contributed by atoms with Crippen LogP contribution in [-0.2, 0) is 21.6 Å². The molecule has 3 amide bonds. The maximum atomic E-state index is 12.7. The highest BCUT2D eigenvalue weighted by Crippen LogP contribution is 2.32. The van der Waals surface area contributed by atoms with Crippen molar-refractivity contribution in [3.63, 3.8) is 0 Å². The van der Waals surface area contributed by atoms with E-state index in [-0.39, 0.29) is 18.2 Å². The second kappa shape index (κ2) is 5.54. The number of methoxy groups -OCH3 is 1. The fourth-order valence-corrected chi connectivity index (χ4v) is 3.23. The highest BCUT2D eigenvalue weighted by Gasteiger charge is 2.49. The Bertz CT molecular complexity index is 767. The number of urea groups is 1. The van der Waals surface area contributed by atoms with Gasteiger partial charge in [-0.25, -0.2) is 9.59 Å². The molecule has 7 nitrogen and oxygen atoms in total. The van der Waals surface area contributed by atoms with Crippen molar-refractivity contribution in [2.45, 2.75) is 19.0 Å². The van der Waals surface area contributed by atoms with Gasteiger partial charge in [-0.05, 0) is 30.5 Å². The summed E-state index contributed by atoms with van der Waals surface area (Å²) in [6.07, 6.45) is 0. The highest BCUT2D eigenvalue weighted by atomic mass is 32.1. The lowest BCUT2D eigenvalue weighted by molar-refractivity contribution is -0.131. The van der Waals surface area contributed by atoms with Crippen LogP contribution in [0.25, 0.3) is 0 Å². The van der Waals surface area contributed by atoms with Crippen molar-refractivity contribution in [1.82, 2.24) is 10.2 Å². The van der Waals surface area contributed by atoms with Gasteiger partial charge in [0.25, 0.3) is 5.91 Å². The van der Waals surface area contributed by atoms with Crippen LogP contribution in [0.2, 0.25) is 0 Å². The first-order valence-electron chi connectivity index (χ1n) is 6.81. The van der Waals surface area contributed by atoms with Crippen LogP contribution in [0.4, 0.5) is 4.79 Å². The molecule has 1 aliphatic heterocycles. The average Bonchev–Trinajstić information content (AvgIpc) is 3.25. The fourth-order valence-electron chi connectivity index (χ4n) is 2.40. The normalized spacial score (nSPS) is 20.7.